The van der Waals surface area contributed by atoms with Crippen LogP contribution in [-0.4, -0.2) is 24.0 Å². The fraction of sp³-hybridized carbons (Fsp3) is 0.400. The van der Waals surface area contributed by atoms with Gasteiger partial charge in [0, 0.05) is 6.20 Å². The van der Waals surface area contributed by atoms with Crippen LogP contribution in [0.25, 0.3) is 0 Å². The van der Waals surface area contributed by atoms with Gasteiger partial charge in [-0.25, -0.2) is 4.98 Å². The molecule has 0 spiro atoms. The maximum absolute atomic E-state index is 11.5. The van der Waals surface area contributed by atoms with Crippen LogP contribution >= 0.6 is 0 Å². The monoisotopic (exact) mass is 193 g/mol. The van der Waals surface area contributed by atoms with E-state index < -0.39 is 0 Å². The van der Waals surface area contributed by atoms with Gasteiger partial charge >= 0.3 is 0 Å². The molecule has 1 amide bonds. The number of nitrogens with one attached hydrogen (secondary N) is 2. The minimum absolute atomic E-state index is 0.0747. The van der Waals surface area contributed by atoms with Crippen molar-refractivity contribution in [2.24, 2.45) is 0 Å². The van der Waals surface area contributed by atoms with E-state index in [4.69, 9.17) is 0 Å². The highest BCUT2D eigenvalue weighted by molar-refractivity contribution is 5.94. The van der Waals surface area contributed by atoms with Crippen LogP contribution in [0.15, 0.2) is 18.3 Å². The first-order valence-electron chi connectivity index (χ1n) is 4.55. The summed E-state index contributed by atoms with van der Waals surface area (Å²) >= 11 is 0. The number of nitrogens with zero attached hydrogens (tertiary/aromatic N) is 1. The van der Waals surface area contributed by atoms with E-state index >= 15 is 0 Å². The summed E-state index contributed by atoms with van der Waals surface area (Å²) in [5, 5.41) is 5.61. The molecule has 0 saturated carbocycles. The Hall–Kier alpha value is -1.42. The Morgan fingerprint density at radius 1 is 1.57 bits per heavy atom. The molecule has 0 saturated heterocycles. The molecule has 1 heterocycles. The summed E-state index contributed by atoms with van der Waals surface area (Å²) in [6.07, 6.45) is 1.66. The molecule has 0 bridgehead atoms. The van der Waals surface area contributed by atoms with Gasteiger partial charge in [0.15, 0.2) is 0 Å². The van der Waals surface area contributed by atoms with E-state index in [0.29, 0.717) is 5.82 Å². The second kappa shape index (κ2) is 4.72. The quantitative estimate of drug-likeness (QED) is 0.751. The lowest BCUT2D eigenvalue weighted by Crippen LogP contribution is -2.35. The Balaban J connectivity index is 2.70. The third-order valence-corrected chi connectivity index (χ3v) is 2.08. The third kappa shape index (κ3) is 2.53. The summed E-state index contributed by atoms with van der Waals surface area (Å²) in [7, 11) is 1.75. The number of aromatic nitrogens is 1. The molecule has 1 aromatic heterocycles. The third-order valence-electron chi connectivity index (χ3n) is 2.08. The zero-order valence-corrected chi connectivity index (χ0v) is 8.66. The molecule has 0 fully saturated rings. The molecule has 4 nitrogen and oxygen atoms in total. The Kier molecular flexibility index (Phi) is 3.59. The van der Waals surface area contributed by atoms with Crippen molar-refractivity contribution in [2.75, 3.05) is 12.4 Å². The number of amides is 1. The van der Waals surface area contributed by atoms with Crippen molar-refractivity contribution >= 4 is 11.7 Å². The van der Waals surface area contributed by atoms with Gasteiger partial charge in [-0.2, -0.15) is 0 Å². The number of rotatable bonds is 3. The molecule has 1 rings (SSSR count). The molecule has 1 aromatic rings. The maximum Gasteiger partial charge on any atom is 0.242 e. The largest absolute Gasteiger partial charge is 0.309 e. The van der Waals surface area contributed by atoms with Gasteiger partial charge in [-0.3, -0.25) is 4.79 Å². The van der Waals surface area contributed by atoms with Gasteiger partial charge in [0.1, 0.15) is 5.82 Å². The van der Waals surface area contributed by atoms with Crippen LogP contribution in [0.4, 0.5) is 5.82 Å². The molecule has 0 unspecified atom stereocenters. The van der Waals surface area contributed by atoms with Gasteiger partial charge in [-0.05, 0) is 32.5 Å². The van der Waals surface area contributed by atoms with Crippen LogP contribution in [-0.2, 0) is 4.79 Å². The van der Waals surface area contributed by atoms with E-state index in [0.717, 1.165) is 5.56 Å². The van der Waals surface area contributed by atoms with Crippen molar-refractivity contribution in [3.63, 3.8) is 0 Å². The highest BCUT2D eigenvalue weighted by Gasteiger charge is 2.11. The zero-order chi connectivity index (χ0) is 10.6. The average Bonchev–Trinajstić information content (AvgIpc) is 2.20. The lowest BCUT2D eigenvalue weighted by molar-refractivity contribution is -0.117. The lowest BCUT2D eigenvalue weighted by atomic mass is 10.2. The van der Waals surface area contributed by atoms with Crippen LogP contribution in [0.3, 0.4) is 0 Å². The second-order valence-electron chi connectivity index (χ2n) is 3.17. The van der Waals surface area contributed by atoms with Crippen molar-refractivity contribution in [1.29, 1.82) is 0 Å². The van der Waals surface area contributed by atoms with Crippen molar-refractivity contribution in [2.45, 2.75) is 19.9 Å². The number of aryl methyl sites for hydroxylation is 1. The second-order valence-corrected chi connectivity index (χ2v) is 3.17. The number of hydrogen-bond acceptors (Lipinski definition) is 3. The maximum atomic E-state index is 11.5. The summed E-state index contributed by atoms with van der Waals surface area (Å²) in [4.78, 5) is 15.6. The molecule has 0 aromatic carbocycles. The SMILES string of the molecule is CN[C@@H](C)C(=O)Nc1ncccc1C. The first-order chi connectivity index (χ1) is 6.65. The number of likely N-dealkylation sites (N-methyl/N-ethyl adjacent to an activating group) is 1. The zero-order valence-electron chi connectivity index (χ0n) is 8.66. The first-order valence-corrected chi connectivity index (χ1v) is 4.55. The Morgan fingerprint density at radius 3 is 2.86 bits per heavy atom. The van der Waals surface area contributed by atoms with Gasteiger partial charge < -0.3 is 10.6 Å². The van der Waals surface area contributed by atoms with E-state index in [1.54, 1.807) is 20.2 Å². The molecule has 0 radical (unpaired) electrons. The highest BCUT2D eigenvalue weighted by atomic mass is 16.2. The van der Waals surface area contributed by atoms with Gasteiger partial charge in [-0.15, -0.1) is 0 Å². The molecular formula is C10H15N3O. The normalized spacial score (nSPS) is 12.2. The number of carbonyl (C=O) groups is 1. The minimum atomic E-state index is -0.212. The standard InChI is InChI=1S/C10H15N3O/c1-7-5-4-6-12-9(7)13-10(14)8(2)11-3/h4-6,8,11H,1-3H3,(H,12,13,14)/t8-/m0/s1. The van der Waals surface area contributed by atoms with Gasteiger partial charge in [0.25, 0.3) is 0 Å². The summed E-state index contributed by atoms with van der Waals surface area (Å²) < 4.78 is 0. The van der Waals surface area contributed by atoms with Crippen LogP contribution in [0.5, 0.6) is 0 Å². The number of pyridine rings is 1. The van der Waals surface area contributed by atoms with E-state index in [2.05, 4.69) is 15.6 Å². The molecule has 0 aliphatic rings. The van der Waals surface area contributed by atoms with Crippen LogP contribution < -0.4 is 10.6 Å². The smallest absolute Gasteiger partial charge is 0.242 e. The fourth-order valence-electron chi connectivity index (χ4n) is 0.973. The minimum Gasteiger partial charge on any atom is -0.309 e. The molecule has 1 atom stereocenters. The molecular weight excluding hydrogens is 178 g/mol. The predicted molar refractivity (Wildman–Crippen MR) is 56.1 cm³/mol. The summed E-state index contributed by atoms with van der Waals surface area (Å²) in [5.41, 5.74) is 0.962. The number of hydrogen-bond donors (Lipinski definition) is 2. The van der Waals surface area contributed by atoms with E-state index in [9.17, 15) is 4.79 Å². The molecule has 2 N–H and O–H groups in total. The number of carbonyl (C=O) groups excluding carboxylic acids is 1. The Bertz CT molecular complexity index is 325. The molecule has 76 valence electrons. The topological polar surface area (TPSA) is 54.0 Å². The van der Waals surface area contributed by atoms with E-state index in [1.807, 2.05) is 19.1 Å². The fourth-order valence-corrected chi connectivity index (χ4v) is 0.973. The first kappa shape index (κ1) is 10.7. The van der Waals surface area contributed by atoms with E-state index in [1.165, 1.54) is 0 Å². The average molecular weight is 193 g/mol. The van der Waals surface area contributed by atoms with Crippen molar-refractivity contribution in [1.82, 2.24) is 10.3 Å². The van der Waals surface area contributed by atoms with Crippen LogP contribution in [0.1, 0.15) is 12.5 Å². The van der Waals surface area contributed by atoms with E-state index in [-0.39, 0.29) is 11.9 Å². The van der Waals surface area contributed by atoms with Crippen molar-refractivity contribution < 1.29 is 4.79 Å². The van der Waals surface area contributed by atoms with Crippen molar-refractivity contribution in [3.8, 4) is 0 Å². The molecule has 0 aliphatic carbocycles. The highest BCUT2D eigenvalue weighted by Crippen LogP contribution is 2.08. The van der Waals surface area contributed by atoms with Crippen LogP contribution in [0.2, 0.25) is 0 Å². The number of anilines is 1. The van der Waals surface area contributed by atoms with Crippen molar-refractivity contribution in [3.05, 3.63) is 23.9 Å². The molecule has 14 heavy (non-hydrogen) atoms. The summed E-state index contributed by atoms with van der Waals surface area (Å²) in [5.74, 6) is 0.550. The predicted octanol–water partition coefficient (Wildman–Crippen LogP) is 0.936. The Labute approximate surface area is 83.7 Å². The van der Waals surface area contributed by atoms with Gasteiger partial charge in [-0.1, -0.05) is 6.07 Å². The van der Waals surface area contributed by atoms with Crippen LogP contribution in [0, 0.1) is 6.92 Å². The summed E-state index contributed by atoms with van der Waals surface area (Å²) in [6.45, 7) is 3.71. The van der Waals surface area contributed by atoms with Gasteiger partial charge in [0.05, 0.1) is 6.04 Å². The summed E-state index contributed by atoms with van der Waals surface area (Å²) in [6, 6.07) is 3.54. The lowest BCUT2D eigenvalue weighted by Gasteiger charge is -2.11. The molecule has 0 aliphatic heterocycles. The Morgan fingerprint density at radius 2 is 2.29 bits per heavy atom. The van der Waals surface area contributed by atoms with Gasteiger partial charge in [0.2, 0.25) is 5.91 Å². The molecule has 4 heteroatoms.